The van der Waals surface area contributed by atoms with Gasteiger partial charge in [-0.05, 0) is 17.7 Å². The number of hydrogen-bond acceptors (Lipinski definition) is 5. The van der Waals surface area contributed by atoms with Crippen molar-refractivity contribution in [1.29, 1.82) is 0 Å². The third-order valence-electron chi connectivity index (χ3n) is 5.40. The van der Waals surface area contributed by atoms with Gasteiger partial charge in [-0.25, -0.2) is 14.4 Å². The van der Waals surface area contributed by atoms with Gasteiger partial charge in [0, 0.05) is 50.8 Å². The number of carbonyl (C=O) groups excluding carboxylic acids is 1. The van der Waals surface area contributed by atoms with Crippen LogP contribution in [0, 0.1) is 17.7 Å². The predicted octanol–water partition coefficient (Wildman–Crippen LogP) is 2.28. The molecule has 0 N–H and O–H groups in total. The van der Waals surface area contributed by atoms with Crippen molar-refractivity contribution >= 4 is 11.7 Å². The van der Waals surface area contributed by atoms with Crippen LogP contribution in [-0.4, -0.2) is 47.5 Å². The highest BCUT2D eigenvalue weighted by molar-refractivity contribution is 5.74. The number of fused-ring (bicyclic) bond motifs is 1. The van der Waals surface area contributed by atoms with E-state index in [4.69, 9.17) is 4.74 Å². The number of nitrogens with zero attached hydrogens (tertiary/aromatic N) is 4. The van der Waals surface area contributed by atoms with Crippen molar-refractivity contribution in [3.05, 3.63) is 48.0 Å². The van der Waals surface area contributed by atoms with Crippen molar-refractivity contribution in [3.8, 4) is 5.88 Å². The molecule has 0 aliphatic carbocycles. The van der Waals surface area contributed by atoms with Crippen LogP contribution in [0.3, 0.4) is 0 Å². The first kappa shape index (κ1) is 16.8. The van der Waals surface area contributed by atoms with Gasteiger partial charge in [-0.3, -0.25) is 4.79 Å². The number of aromatic nitrogens is 2. The van der Waals surface area contributed by atoms with E-state index in [1.807, 2.05) is 11.0 Å². The topological polar surface area (TPSA) is 58.6 Å². The smallest absolute Gasteiger partial charge is 0.257 e. The average Bonchev–Trinajstić information content (AvgIpc) is 3.19. The molecule has 2 aliphatic rings. The van der Waals surface area contributed by atoms with Crippen LogP contribution in [0.25, 0.3) is 0 Å². The first-order valence-electron chi connectivity index (χ1n) is 8.71. The number of benzene rings is 1. The molecule has 7 heteroatoms. The number of anilines is 1. The van der Waals surface area contributed by atoms with Crippen LogP contribution in [0.5, 0.6) is 5.88 Å². The maximum Gasteiger partial charge on any atom is 0.257 e. The molecule has 0 saturated carbocycles. The first-order chi connectivity index (χ1) is 12.6. The molecule has 1 aromatic heterocycles. The van der Waals surface area contributed by atoms with E-state index in [2.05, 4.69) is 14.9 Å². The van der Waals surface area contributed by atoms with Gasteiger partial charge in [0.05, 0.1) is 13.2 Å². The SMILES string of the molecule is COc1nccnc1N1C[C@@H]2CN(C(C)=O)[C@H](c3cccc(F)c3)[C@@H]2C1. The Balaban J connectivity index is 1.65. The molecule has 6 nitrogen and oxygen atoms in total. The minimum Gasteiger partial charge on any atom is -0.478 e. The standard InChI is InChI=1S/C19H21FN4O2/c1-12(25)24-10-14-9-23(18-19(26-2)22-7-6-21-18)11-16(14)17(24)13-4-3-5-15(20)8-13/h3-8,14,16-17H,9-11H2,1-2H3/t14-,16-,17-/m1/s1. The Hall–Kier alpha value is -2.70. The van der Waals surface area contributed by atoms with Crippen molar-refractivity contribution in [2.45, 2.75) is 13.0 Å². The van der Waals surface area contributed by atoms with Gasteiger partial charge in [-0.15, -0.1) is 0 Å². The molecule has 2 aliphatic heterocycles. The zero-order chi connectivity index (χ0) is 18.3. The second kappa shape index (κ2) is 6.55. The summed E-state index contributed by atoms with van der Waals surface area (Å²) in [5.41, 5.74) is 0.848. The summed E-state index contributed by atoms with van der Waals surface area (Å²) in [6.07, 6.45) is 3.25. The molecule has 4 rings (SSSR count). The number of rotatable bonds is 3. The Morgan fingerprint density at radius 2 is 2.04 bits per heavy atom. The average molecular weight is 356 g/mol. The van der Waals surface area contributed by atoms with Crippen LogP contribution in [0.1, 0.15) is 18.5 Å². The maximum atomic E-state index is 13.8. The second-order valence-corrected chi connectivity index (χ2v) is 6.89. The molecule has 26 heavy (non-hydrogen) atoms. The van der Waals surface area contributed by atoms with E-state index in [1.54, 1.807) is 32.5 Å². The van der Waals surface area contributed by atoms with E-state index in [-0.39, 0.29) is 23.7 Å². The zero-order valence-electron chi connectivity index (χ0n) is 14.8. The summed E-state index contributed by atoms with van der Waals surface area (Å²) in [6, 6.07) is 6.45. The van der Waals surface area contributed by atoms with Gasteiger partial charge in [0.2, 0.25) is 5.91 Å². The molecular weight excluding hydrogens is 335 g/mol. The van der Waals surface area contributed by atoms with Gasteiger partial charge in [0.25, 0.3) is 5.88 Å². The summed E-state index contributed by atoms with van der Waals surface area (Å²) in [4.78, 5) is 24.9. The number of halogens is 1. The lowest BCUT2D eigenvalue weighted by Gasteiger charge is -2.29. The monoisotopic (exact) mass is 356 g/mol. The van der Waals surface area contributed by atoms with Crippen LogP contribution in [0.4, 0.5) is 10.2 Å². The highest BCUT2D eigenvalue weighted by atomic mass is 19.1. The molecule has 1 aromatic carbocycles. The molecule has 2 fully saturated rings. The van der Waals surface area contributed by atoms with E-state index >= 15 is 0 Å². The van der Waals surface area contributed by atoms with Crippen LogP contribution in [0.15, 0.2) is 36.7 Å². The molecule has 136 valence electrons. The zero-order valence-corrected chi connectivity index (χ0v) is 14.8. The summed E-state index contributed by atoms with van der Waals surface area (Å²) in [7, 11) is 1.58. The molecule has 0 unspecified atom stereocenters. The summed E-state index contributed by atoms with van der Waals surface area (Å²) in [6.45, 7) is 3.75. The Bertz CT molecular complexity index is 831. The largest absolute Gasteiger partial charge is 0.478 e. The van der Waals surface area contributed by atoms with Gasteiger partial charge in [-0.2, -0.15) is 0 Å². The van der Waals surface area contributed by atoms with Gasteiger partial charge in [0.15, 0.2) is 5.82 Å². The first-order valence-corrected chi connectivity index (χ1v) is 8.71. The fourth-order valence-electron chi connectivity index (χ4n) is 4.34. The van der Waals surface area contributed by atoms with Gasteiger partial charge < -0.3 is 14.5 Å². The lowest BCUT2D eigenvalue weighted by Crippen LogP contribution is -2.34. The number of methoxy groups -OCH3 is 1. The molecule has 0 spiro atoms. The van der Waals surface area contributed by atoms with Crippen molar-refractivity contribution in [1.82, 2.24) is 14.9 Å². The predicted molar refractivity (Wildman–Crippen MR) is 94.3 cm³/mol. The minimum absolute atomic E-state index is 0.0253. The Labute approximate surface area is 151 Å². The number of hydrogen-bond donors (Lipinski definition) is 0. The van der Waals surface area contributed by atoms with Crippen molar-refractivity contribution in [2.24, 2.45) is 11.8 Å². The van der Waals surface area contributed by atoms with Crippen LogP contribution in [0.2, 0.25) is 0 Å². The van der Waals surface area contributed by atoms with Gasteiger partial charge in [0.1, 0.15) is 5.82 Å². The summed E-state index contributed by atoms with van der Waals surface area (Å²) >= 11 is 0. The van der Waals surface area contributed by atoms with E-state index in [9.17, 15) is 9.18 Å². The molecule has 3 atom stereocenters. The molecular formula is C19H21FN4O2. The molecule has 3 heterocycles. The third-order valence-corrected chi connectivity index (χ3v) is 5.40. The fourth-order valence-corrected chi connectivity index (χ4v) is 4.34. The lowest BCUT2D eigenvalue weighted by molar-refractivity contribution is -0.130. The summed E-state index contributed by atoms with van der Waals surface area (Å²) in [5, 5.41) is 0. The summed E-state index contributed by atoms with van der Waals surface area (Å²) in [5.74, 6) is 1.48. The lowest BCUT2D eigenvalue weighted by atomic mass is 9.89. The van der Waals surface area contributed by atoms with Crippen LogP contribution in [-0.2, 0) is 4.79 Å². The quantitative estimate of drug-likeness (QED) is 0.844. The molecule has 2 saturated heterocycles. The Morgan fingerprint density at radius 3 is 2.77 bits per heavy atom. The Morgan fingerprint density at radius 1 is 1.23 bits per heavy atom. The minimum atomic E-state index is -0.278. The van der Waals surface area contributed by atoms with Gasteiger partial charge >= 0.3 is 0 Å². The van der Waals surface area contributed by atoms with Crippen LogP contribution < -0.4 is 9.64 Å². The highest BCUT2D eigenvalue weighted by Gasteiger charge is 2.49. The molecule has 1 amide bonds. The third kappa shape index (κ3) is 2.77. The highest BCUT2D eigenvalue weighted by Crippen LogP contribution is 2.46. The second-order valence-electron chi connectivity index (χ2n) is 6.89. The summed E-state index contributed by atoms with van der Waals surface area (Å²) < 4.78 is 19.1. The van der Waals surface area contributed by atoms with Crippen LogP contribution >= 0.6 is 0 Å². The normalized spacial score (nSPS) is 24.7. The van der Waals surface area contributed by atoms with Gasteiger partial charge in [-0.1, -0.05) is 12.1 Å². The molecule has 0 radical (unpaired) electrons. The fraction of sp³-hybridized carbons (Fsp3) is 0.421. The molecule has 2 aromatic rings. The van der Waals surface area contributed by atoms with E-state index in [1.165, 1.54) is 12.1 Å². The van der Waals surface area contributed by atoms with E-state index < -0.39 is 0 Å². The number of ether oxygens (including phenoxy) is 1. The molecule has 0 bridgehead atoms. The van der Waals surface area contributed by atoms with E-state index in [0.29, 0.717) is 18.3 Å². The number of carbonyl (C=O) groups is 1. The van der Waals surface area contributed by atoms with Crippen molar-refractivity contribution in [3.63, 3.8) is 0 Å². The Kier molecular flexibility index (Phi) is 4.22. The van der Waals surface area contributed by atoms with Crippen molar-refractivity contribution < 1.29 is 13.9 Å². The van der Waals surface area contributed by atoms with E-state index in [0.717, 1.165) is 24.5 Å². The number of amides is 1. The number of likely N-dealkylation sites (tertiary alicyclic amines) is 1. The van der Waals surface area contributed by atoms with Crippen molar-refractivity contribution in [2.75, 3.05) is 31.6 Å². The maximum absolute atomic E-state index is 13.8.